The van der Waals surface area contributed by atoms with Crippen LogP contribution in [-0.4, -0.2) is 15.0 Å². The molecular formula is C15H20N4. The normalized spacial score (nSPS) is 16.7. The molecule has 0 aliphatic heterocycles. The third-order valence-electron chi connectivity index (χ3n) is 3.96. The second kappa shape index (κ2) is 5.53. The van der Waals surface area contributed by atoms with Crippen LogP contribution in [0.1, 0.15) is 49.4 Å². The summed E-state index contributed by atoms with van der Waals surface area (Å²) in [6.45, 7) is 0.471. The first kappa shape index (κ1) is 12.4. The molecule has 1 aliphatic rings. The summed E-state index contributed by atoms with van der Waals surface area (Å²) in [5.41, 5.74) is 9.10. The molecule has 4 nitrogen and oxygen atoms in total. The van der Waals surface area contributed by atoms with Gasteiger partial charge in [-0.1, -0.05) is 42.7 Å². The Labute approximate surface area is 113 Å². The molecule has 1 heterocycles. The van der Waals surface area contributed by atoms with Crippen molar-refractivity contribution in [3.63, 3.8) is 0 Å². The molecule has 0 unspecified atom stereocenters. The zero-order valence-corrected chi connectivity index (χ0v) is 11.1. The standard InChI is InChI=1S/C15H20N4/c16-11-14-15(12-7-3-1-4-8-12)19(18-17-14)13-9-5-2-6-10-13/h2,5-6,9-10,12H,1,3-4,7-8,11,16H2. The average Bonchev–Trinajstić information content (AvgIpc) is 2.93. The fourth-order valence-corrected chi connectivity index (χ4v) is 3.01. The molecule has 1 fully saturated rings. The van der Waals surface area contributed by atoms with Gasteiger partial charge in [-0.2, -0.15) is 0 Å². The van der Waals surface area contributed by atoms with Gasteiger partial charge in [0.2, 0.25) is 0 Å². The Morgan fingerprint density at radius 1 is 1.11 bits per heavy atom. The van der Waals surface area contributed by atoms with Crippen LogP contribution in [0.5, 0.6) is 0 Å². The van der Waals surface area contributed by atoms with E-state index in [1.807, 2.05) is 22.9 Å². The van der Waals surface area contributed by atoms with Crippen LogP contribution in [0.3, 0.4) is 0 Å². The van der Waals surface area contributed by atoms with Gasteiger partial charge in [0.05, 0.1) is 11.4 Å². The summed E-state index contributed by atoms with van der Waals surface area (Å²) in [6, 6.07) is 10.2. The molecule has 4 heteroatoms. The van der Waals surface area contributed by atoms with Crippen LogP contribution >= 0.6 is 0 Å². The van der Waals surface area contributed by atoms with Crippen molar-refractivity contribution in [2.75, 3.05) is 0 Å². The molecule has 0 bridgehead atoms. The summed E-state index contributed by atoms with van der Waals surface area (Å²) in [7, 11) is 0. The second-order valence-electron chi connectivity index (χ2n) is 5.21. The number of hydrogen-bond acceptors (Lipinski definition) is 3. The van der Waals surface area contributed by atoms with E-state index in [9.17, 15) is 0 Å². The number of nitrogens with two attached hydrogens (primary N) is 1. The van der Waals surface area contributed by atoms with Gasteiger partial charge in [-0.25, -0.2) is 4.68 Å². The Kier molecular flexibility index (Phi) is 3.60. The van der Waals surface area contributed by atoms with E-state index in [4.69, 9.17) is 5.73 Å². The molecule has 0 radical (unpaired) electrons. The number of rotatable bonds is 3. The van der Waals surface area contributed by atoms with E-state index in [2.05, 4.69) is 22.4 Å². The van der Waals surface area contributed by atoms with Crippen LogP contribution in [-0.2, 0) is 6.54 Å². The van der Waals surface area contributed by atoms with Gasteiger partial charge in [-0.15, -0.1) is 5.10 Å². The first-order valence-corrected chi connectivity index (χ1v) is 7.10. The smallest absolute Gasteiger partial charge is 0.100 e. The molecule has 0 saturated heterocycles. The lowest BCUT2D eigenvalue weighted by atomic mass is 9.86. The van der Waals surface area contributed by atoms with Gasteiger partial charge in [0.15, 0.2) is 0 Å². The quantitative estimate of drug-likeness (QED) is 0.918. The zero-order chi connectivity index (χ0) is 13.1. The monoisotopic (exact) mass is 256 g/mol. The molecule has 100 valence electrons. The fraction of sp³-hybridized carbons (Fsp3) is 0.467. The molecule has 1 saturated carbocycles. The minimum atomic E-state index is 0.471. The van der Waals surface area contributed by atoms with Gasteiger partial charge in [-0.05, 0) is 25.0 Å². The summed E-state index contributed by atoms with van der Waals surface area (Å²) < 4.78 is 1.98. The SMILES string of the molecule is NCc1nnn(-c2ccccc2)c1C1CCCCC1. The highest BCUT2D eigenvalue weighted by Crippen LogP contribution is 2.34. The van der Waals surface area contributed by atoms with Crippen molar-refractivity contribution < 1.29 is 0 Å². The molecule has 0 atom stereocenters. The summed E-state index contributed by atoms with van der Waals surface area (Å²) in [4.78, 5) is 0. The van der Waals surface area contributed by atoms with E-state index >= 15 is 0 Å². The number of benzene rings is 1. The van der Waals surface area contributed by atoms with Crippen molar-refractivity contribution in [2.45, 2.75) is 44.6 Å². The highest BCUT2D eigenvalue weighted by molar-refractivity contribution is 5.34. The van der Waals surface area contributed by atoms with Gasteiger partial charge in [0.25, 0.3) is 0 Å². The van der Waals surface area contributed by atoms with Crippen LogP contribution in [0, 0.1) is 0 Å². The third-order valence-corrected chi connectivity index (χ3v) is 3.96. The van der Waals surface area contributed by atoms with Crippen molar-refractivity contribution in [2.24, 2.45) is 5.73 Å². The summed E-state index contributed by atoms with van der Waals surface area (Å²) in [5.74, 6) is 0.558. The van der Waals surface area contributed by atoms with Crippen molar-refractivity contribution in [1.29, 1.82) is 0 Å². The van der Waals surface area contributed by atoms with Crippen LogP contribution in [0.15, 0.2) is 30.3 Å². The van der Waals surface area contributed by atoms with E-state index in [1.165, 1.54) is 37.8 Å². The first-order valence-electron chi connectivity index (χ1n) is 7.10. The summed E-state index contributed by atoms with van der Waals surface area (Å²) in [6.07, 6.45) is 6.41. The number of nitrogens with zero attached hydrogens (tertiary/aromatic N) is 3. The Bertz CT molecular complexity index is 526. The van der Waals surface area contributed by atoms with E-state index in [-0.39, 0.29) is 0 Å². The van der Waals surface area contributed by atoms with Gasteiger partial charge in [0.1, 0.15) is 5.69 Å². The largest absolute Gasteiger partial charge is 0.325 e. The minimum absolute atomic E-state index is 0.471. The third kappa shape index (κ3) is 2.40. The molecule has 1 aliphatic carbocycles. The van der Waals surface area contributed by atoms with Crippen molar-refractivity contribution >= 4 is 0 Å². The maximum Gasteiger partial charge on any atom is 0.100 e. The van der Waals surface area contributed by atoms with Crippen LogP contribution in [0.25, 0.3) is 5.69 Å². The Morgan fingerprint density at radius 2 is 1.84 bits per heavy atom. The molecular weight excluding hydrogens is 236 g/mol. The van der Waals surface area contributed by atoms with Crippen molar-refractivity contribution in [3.05, 3.63) is 41.7 Å². The Balaban J connectivity index is 2.03. The molecule has 2 N–H and O–H groups in total. The van der Waals surface area contributed by atoms with Crippen molar-refractivity contribution in [1.82, 2.24) is 15.0 Å². The average molecular weight is 256 g/mol. The van der Waals surface area contributed by atoms with Crippen LogP contribution in [0.4, 0.5) is 0 Å². The van der Waals surface area contributed by atoms with Crippen LogP contribution in [0.2, 0.25) is 0 Å². The topological polar surface area (TPSA) is 56.7 Å². The molecule has 0 amide bonds. The highest BCUT2D eigenvalue weighted by Gasteiger charge is 2.24. The van der Waals surface area contributed by atoms with Gasteiger partial charge < -0.3 is 5.73 Å². The molecule has 1 aromatic carbocycles. The number of hydrogen-bond donors (Lipinski definition) is 1. The lowest BCUT2D eigenvalue weighted by Crippen LogP contribution is -2.14. The Hall–Kier alpha value is -1.68. The van der Waals surface area contributed by atoms with Crippen LogP contribution < -0.4 is 5.73 Å². The van der Waals surface area contributed by atoms with E-state index < -0.39 is 0 Å². The predicted octanol–water partition coefficient (Wildman–Crippen LogP) is 2.77. The lowest BCUT2D eigenvalue weighted by Gasteiger charge is -2.23. The fourth-order valence-electron chi connectivity index (χ4n) is 3.01. The number of aromatic nitrogens is 3. The minimum Gasteiger partial charge on any atom is -0.325 e. The first-order chi connectivity index (χ1) is 9.40. The molecule has 19 heavy (non-hydrogen) atoms. The van der Waals surface area contributed by atoms with Gasteiger partial charge in [0, 0.05) is 12.5 Å². The molecule has 0 spiro atoms. The highest BCUT2D eigenvalue weighted by atomic mass is 15.4. The van der Waals surface area contributed by atoms with Gasteiger partial charge >= 0.3 is 0 Å². The summed E-state index contributed by atoms with van der Waals surface area (Å²) >= 11 is 0. The van der Waals surface area contributed by atoms with E-state index in [1.54, 1.807) is 0 Å². The second-order valence-corrected chi connectivity index (χ2v) is 5.21. The molecule has 1 aromatic heterocycles. The van der Waals surface area contributed by atoms with Crippen molar-refractivity contribution in [3.8, 4) is 5.69 Å². The van der Waals surface area contributed by atoms with Gasteiger partial charge in [-0.3, -0.25) is 0 Å². The molecule has 2 aromatic rings. The molecule has 3 rings (SSSR count). The Morgan fingerprint density at radius 3 is 2.53 bits per heavy atom. The van der Waals surface area contributed by atoms with E-state index in [0.29, 0.717) is 12.5 Å². The maximum absolute atomic E-state index is 5.83. The zero-order valence-electron chi connectivity index (χ0n) is 11.1. The maximum atomic E-state index is 5.83. The number of para-hydroxylation sites is 1. The lowest BCUT2D eigenvalue weighted by molar-refractivity contribution is 0.428. The van der Waals surface area contributed by atoms with E-state index in [0.717, 1.165) is 11.4 Å². The predicted molar refractivity (Wildman–Crippen MR) is 75.1 cm³/mol. The summed E-state index contributed by atoms with van der Waals surface area (Å²) in [5, 5.41) is 8.59.